The Hall–Kier alpha value is -2.18. The summed E-state index contributed by atoms with van der Waals surface area (Å²) in [5.74, 6) is -0.0883. The molecule has 2 aromatic rings. The minimum atomic E-state index is -3.54. The summed E-state index contributed by atoms with van der Waals surface area (Å²) in [6, 6.07) is 16.1. The molecule has 0 unspecified atom stereocenters. The molecular formula is C21H28N2O3S. The van der Waals surface area contributed by atoms with Crippen LogP contribution in [0.1, 0.15) is 36.7 Å². The second-order valence-electron chi connectivity index (χ2n) is 6.76. The Morgan fingerprint density at radius 3 is 2.11 bits per heavy atom. The fourth-order valence-electron chi connectivity index (χ4n) is 2.71. The van der Waals surface area contributed by atoms with E-state index < -0.39 is 10.0 Å². The third-order valence-electron chi connectivity index (χ3n) is 4.69. The van der Waals surface area contributed by atoms with E-state index in [1.54, 1.807) is 24.1 Å². The van der Waals surface area contributed by atoms with E-state index in [-0.39, 0.29) is 16.8 Å². The van der Waals surface area contributed by atoms with E-state index in [0.717, 1.165) is 6.42 Å². The Balaban J connectivity index is 2.11. The highest BCUT2D eigenvalue weighted by Crippen LogP contribution is 2.18. The SMILES string of the molecule is CCN(CCc1ccccc1)C(=O)c1ccc(S(=O)(=O)N(C)C(C)C)cc1. The van der Waals surface area contributed by atoms with Gasteiger partial charge in [0.2, 0.25) is 10.0 Å². The largest absolute Gasteiger partial charge is 0.339 e. The van der Waals surface area contributed by atoms with Gasteiger partial charge in [0.05, 0.1) is 4.90 Å². The quantitative estimate of drug-likeness (QED) is 0.696. The van der Waals surface area contributed by atoms with Crippen molar-refractivity contribution in [3.8, 4) is 0 Å². The van der Waals surface area contributed by atoms with Gasteiger partial charge in [0.1, 0.15) is 0 Å². The summed E-state index contributed by atoms with van der Waals surface area (Å²) in [6.45, 7) is 6.80. The van der Waals surface area contributed by atoms with Crippen LogP contribution in [0.4, 0.5) is 0 Å². The van der Waals surface area contributed by atoms with Crippen molar-refractivity contribution in [1.29, 1.82) is 0 Å². The van der Waals surface area contributed by atoms with E-state index in [1.807, 2.05) is 51.1 Å². The van der Waals surface area contributed by atoms with E-state index in [4.69, 9.17) is 0 Å². The zero-order chi connectivity index (χ0) is 20.0. The molecule has 6 heteroatoms. The standard InChI is InChI=1S/C21H28N2O3S/c1-5-23(16-15-18-9-7-6-8-10-18)21(24)19-11-13-20(14-12-19)27(25,26)22(4)17(2)3/h6-14,17H,5,15-16H2,1-4H3. The maximum absolute atomic E-state index is 12.8. The van der Waals surface area contributed by atoms with Gasteiger partial charge in [0.25, 0.3) is 5.91 Å². The maximum atomic E-state index is 12.8. The van der Waals surface area contributed by atoms with E-state index >= 15 is 0 Å². The van der Waals surface area contributed by atoms with Crippen molar-refractivity contribution in [3.63, 3.8) is 0 Å². The van der Waals surface area contributed by atoms with Crippen LogP contribution in [0, 0.1) is 0 Å². The molecule has 0 heterocycles. The van der Waals surface area contributed by atoms with Crippen LogP contribution in [0.25, 0.3) is 0 Å². The van der Waals surface area contributed by atoms with Crippen molar-refractivity contribution in [2.45, 2.75) is 38.1 Å². The van der Waals surface area contributed by atoms with Gasteiger partial charge in [-0.1, -0.05) is 30.3 Å². The monoisotopic (exact) mass is 388 g/mol. The third-order valence-corrected chi connectivity index (χ3v) is 6.74. The van der Waals surface area contributed by atoms with Crippen molar-refractivity contribution < 1.29 is 13.2 Å². The van der Waals surface area contributed by atoms with E-state index in [2.05, 4.69) is 0 Å². The highest BCUT2D eigenvalue weighted by Gasteiger charge is 2.23. The summed E-state index contributed by atoms with van der Waals surface area (Å²) in [4.78, 5) is 14.7. The van der Waals surface area contributed by atoms with Gasteiger partial charge in [-0.3, -0.25) is 4.79 Å². The summed E-state index contributed by atoms with van der Waals surface area (Å²) in [5.41, 5.74) is 1.68. The molecule has 0 bridgehead atoms. The summed E-state index contributed by atoms with van der Waals surface area (Å²) in [6.07, 6.45) is 0.784. The van der Waals surface area contributed by atoms with Crippen molar-refractivity contribution in [2.75, 3.05) is 20.1 Å². The molecule has 0 aliphatic rings. The summed E-state index contributed by atoms with van der Waals surface area (Å²) >= 11 is 0. The number of likely N-dealkylation sites (N-methyl/N-ethyl adjacent to an activating group) is 1. The molecule has 5 nitrogen and oxygen atoms in total. The molecule has 0 aliphatic heterocycles. The van der Waals surface area contributed by atoms with Crippen molar-refractivity contribution >= 4 is 15.9 Å². The number of rotatable bonds is 8. The molecule has 0 saturated heterocycles. The van der Waals surface area contributed by atoms with Crippen molar-refractivity contribution in [1.82, 2.24) is 9.21 Å². The molecule has 0 N–H and O–H groups in total. The number of benzene rings is 2. The first kappa shape index (κ1) is 21.1. The van der Waals surface area contributed by atoms with Crippen LogP contribution in [0.2, 0.25) is 0 Å². The van der Waals surface area contributed by atoms with Crippen LogP contribution in [0.15, 0.2) is 59.5 Å². The molecule has 2 rings (SSSR count). The number of sulfonamides is 1. The number of amides is 1. The zero-order valence-corrected chi connectivity index (χ0v) is 17.2. The first-order chi connectivity index (χ1) is 12.8. The van der Waals surface area contributed by atoms with Crippen molar-refractivity contribution in [3.05, 3.63) is 65.7 Å². The summed E-state index contributed by atoms with van der Waals surface area (Å²) in [7, 11) is -1.99. The molecule has 0 aromatic heterocycles. The van der Waals surface area contributed by atoms with Crippen LogP contribution in [0.5, 0.6) is 0 Å². The highest BCUT2D eigenvalue weighted by atomic mass is 32.2. The molecule has 2 aromatic carbocycles. The zero-order valence-electron chi connectivity index (χ0n) is 16.4. The summed E-state index contributed by atoms with van der Waals surface area (Å²) < 4.78 is 26.4. The number of hydrogen-bond acceptors (Lipinski definition) is 3. The molecule has 0 fully saturated rings. The lowest BCUT2D eigenvalue weighted by atomic mass is 10.1. The molecule has 146 valence electrons. The van der Waals surface area contributed by atoms with Gasteiger partial charge in [-0.25, -0.2) is 8.42 Å². The Morgan fingerprint density at radius 1 is 1.00 bits per heavy atom. The topological polar surface area (TPSA) is 57.7 Å². The van der Waals surface area contributed by atoms with Crippen molar-refractivity contribution in [2.24, 2.45) is 0 Å². The Bertz CT molecular complexity index is 847. The number of hydrogen-bond donors (Lipinski definition) is 0. The van der Waals surface area contributed by atoms with Crippen LogP contribution in [-0.2, 0) is 16.4 Å². The minimum Gasteiger partial charge on any atom is -0.339 e. The lowest BCUT2D eigenvalue weighted by Gasteiger charge is -2.22. The lowest BCUT2D eigenvalue weighted by Crippen LogP contribution is -2.33. The molecule has 0 saturated carbocycles. The number of carbonyl (C=O) groups is 1. The molecule has 1 amide bonds. The first-order valence-electron chi connectivity index (χ1n) is 9.18. The highest BCUT2D eigenvalue weighted by molar-refractivity contribution is 7.89. The second kappa shape index (κ2) is 9.15. The molecule has 27 heavy (non-hydrogen) atoms. The number of nitrogens with zero attached hydrogens (tertiary/aromatic N) is 2. The van der Waals surface area contributed by atoms with Crippen LogP contribution < -0.4 is 0 Å². The summed E-state index contributed by atoms with van der Waals surface area (Å²) in [5, 5.41) is 0. The molecule has 0 spiro atoms. The average molecular weight is 389 g/mol. The Kier molecular flexibility index (Phi) is 7.16. The van der Waals surface area contributed by atoms with Gasteiger partial charge in [-0.05, 0) is 57.0 Å². The van der Waals surface area contributed by atoms with Gasteiger partial charge < -0.3 is 4.90 Å². The predicted octanol–water partition coefficient (Wildman–Crippen LogP) is 3.42. The van der Waals surface area contributed by atoms with Crippen LogP contribution in [-0.4, -0.2) is 49.7 Å². The predicted molar refractivity (Wildman–Crippen MR) is 108 cm³/mol. The smallest absolute Gasteiger partial charge is 0.253 e. The van der Waals surface area contributed by atoms with Gasteiger partial charge in [-0.2, -0.15) is 4.31 Å². The van der Waals surface area contributed by atoms with Gasteiger partial charge >= 0.3 is 0 Å². The molecular weight excluding hydrogens is 360 g/mol. The molecule has 0 aliphatic carbocycles. The van der Waals surface area contributed by atoms with Gasteiger partial charge in [0, 0.05) is 31.7 Å². The first-order valence-corrected chi connectivity index (χ1v) is 10.6. The second-order valence-corrected chi connectivity index (χ2v) is 8.76. The fraction of sp³-hybridized carbons (Fsp3) is 0.381. The average Bonchev–Trinajstić information content (AvgIpc) is 2.68. The van der Waals surface area contributed by atoms with E-state index in [9.17, 15) is 13.2 Å². The van der Waals surface area contributed by atoms with Gasteiger partial charge in [-0.15, -0.1) is 0 Å². The van der Waals surface area contributed by atoms with Crippen LogP contribution >= 0.6 is 0 Å². The number of carbonyl (C=O) groups excluding carboxylic acids is 1. The fourth-order valence-corrected chi connectivity index (χ4v) is 4.08. The van der Waals surface area contributed by atoms with E-state index in [0.29, 0.717) is 18.7 Å². The maximum Gasteiger partial charge on any atom is 0.253 e. The normalized spacial score (nSPS) is 11.8. The van der Waals surface area contributed by atoms with Crippen LogP contribution in [0.3, 0.4) is 0 Å². The third kappa shape index (κ3) is 5.17. The molecule has 0 atom stereocenters. The minimum absolute atomic E-state index is 0.0883. The molecule has 0 radical (unpaired) electrons. The van der Waals surface area contributed by atoms with E-state index in [1.165, 1.54) is 22.0 Å². The lowest BCUT2D eigenvalue weighted by molar-refractivity contribution is 0.0766. The Morgan fingerprint density at radius 2 is 1.59 bits per heavy atom. The Labute approximate surface area is 162 Å². The van der Waals surface area contributed by atoms with Gasteiger partial charge in [0.15, 0.2) is 0 Å².